The van der Waals surface area contributed by atoms with Crippen LogP contribution in [0.25, 0.3) is 0 Å². The lowest BCUT2D eigenvalue weighted by Gasteiger charge is -2.07. The fourth-order valence-electron chi connectivity index (χ4n) is 1.05. The lowest BCUT2D eigenvalue weighted by molar-refractivity contribution is -0.139. The predicted molar refractivity (Wildman–Crippen MR) is 45.3 cm³/mol. The number of pyridine rings is 1. The summed E-state index contributed by atoms with van der Waals surface area (Å²) in [5.74, 6) is -1.31. The Morgan fingerprint density at radius 1 is 1.50 bits per heavy atom. The second-order valence-electron chi connectivity index (χ2n) is 2.91. The van der Waals surface area contributed by atoms with Gasteiger partial charge in [-0.25, -0.2) is 4.98 Å². The lowest BCUT2D eigenvalue weighted by atomic mass is 10.1. The molecule has 7 heteroatoms. The molecule has 0 aliphatic heterocycles. The van der Waals surface area contributed by atoms with Crippen molar-refractivity contribution in [3.8, 4) is 6.07 Å². The Hall–Kier alpha value is -2.10. The first-order valence-electron chi connectivity index (χ1n) is 4.03. The average Bonchev–Trinajstić information content (AvgIpc) is 2.14. The minimum Gasteiger partial charge on any atom is -0.481 e. The van der Waals surface area contributed by atoms with Gasteiger partial charge in [-0.15, -0.1) is 0 Å². The number of nitrogens with zero attached hydrogens (tertiary/aromatic N) is 2. The van der Waals surface area contributed by atoms with Crippen LogP contribution >= 0.6 is 0 Å². The molecule has 1 rings (SSSR count). The lowest BCUT2D eigenvalue weighted by Crippen LogP contribution is -2.10. The third kappa shape index (κ3) is 2.95. The van der Waals surface area contributed by atoms with Crippen LogP contribution in [-0.2, 0) is 17.4 Å². The second kappa shape index (κ2) is 4.18. The first-order chi connectivity index (χ1) is 7.32. The van der Waals surface area contributed by atoms with E-state index >= 15 is 0 Å². The maximum Gasteiger partial charge on any atom is 0.416 e. The molecule has 1 aromatic rings. The highest BCUT2D eigenvalue weighted by atomic mass is 19.4. The van der Waals surface area contributed by atoms with Gasteiger partial charge in [-0.3, -0.25) is 4.79 Å². The summed E-state index contributed by atoms with van der Waals surface area (Å²) in [6.45, 7) is 0. The van der Waals surface area contributed by atoms with Crippen molar-refractivity contribution in [3.05, 3.63) is 29.1 Å². The second-order valence-corrected chi connectivity index (χ2v) is 2.91. The summed E-state index contributed by atoms with van der Waals surface area (Å²) in [6.07, 6.45) is -5.28. The van der Waals surface area contributed by atoms with Crippen LogP contribution in [0.2, 0.25) is 0 Å². The summed E-state index contributed by atoms with van der Waals surface area (Å²) in [4.78, 5) is 13.8. The van der Waals surface area contributed by atoms with Crippen LogP contribution in [-0.4, -0.2) is 16.1 Å². The van der Waals surface area contributed by atoms with Gasteiger partial charge in [0.2, 0.25) is 0 Å². The van der Waals surface area contributed by atoms with E-state index in [-0.39, 0.29) is 5.69 Å². The quantitative estimate of drug-likeness (QED) is 0.837. The summed E-state index contributed by atoms with van der Waals surface area (Å²) in [7, 11) is 0. The van der Waals surface area contributed by atoms with Crippen molar-refractivity contribution < 1.29 is 23.1 Å². The Labute approximate surface area is 88.0 Å². The molecule has 0 fully saturated rings. The smallest absolute Gasteiger partial charge is 0.416 e. The molecular weight excluding hydrogens is 225 g/mol. The number of hydrogen-bond acceptors (Lipinski definition) is 3. The third-order valence-corrected chi connectivity index (χ3v) is 1.65. The van der Waals surface area contributed by atoms with Crippen molar-refractivity contribution in [2.45, 2.75) is 12.6 Å². The number of hydrogen-bond donors (Lipinski definition) is 1. The van der Waals surface area contributed by atoms with E-state index in [9.17, 15) is 18.0 Å². The zero-order valence-corrected chi connectivity index (χ0v) is 7.75. The molecule has 0 unspecified atom stereocenters. The number of aliphatic carboxylic acids is 1. The average molecular weight is 230 g/mol. The molecule has 1 heterocycles. The van der Waals surface area contributed by atoms with Gasteiger partial charge >= 0.3 is 12.1 Å². The van der Waals surface area contributed by atoms with Gasteiger partial charge < -0.3 is 5.11 Å². The molecule has 0 bridgehead atoms. The number of rotatable bonds is 2. The highest BCUT2D eigenvalue weighted by molar-refractivity contribution is 5.69. The van der Waals surface area contributed by atoms with Crippen molar-refractivity contribution in [2.24, 2.45) is 0 Å². The number of carbonyl (C=O) groups is 1. The van der Waals surface area contributed by atoms with Crippen LogP contribution in [0.5, 0.6) is 0 Å². The molecule has 0 radical (unpaired) electrons. The molecule has 0 aliphatic rings. The van der Waals surface area contributed by atoms with Crippen LogP contribution in [0.3, 0.4) is 0 Å². The van der Waals surface area contributed by atoms with Crippen LogP contribution < -0.4 is 0 Å². The third-order valence-electron chi connectivity index (χ3n) is 1.65. The molecule has 0 aromatic carbocycles. The number of halogens is 3. The van der Waals surface area contributed by atoms with Gasteiger partial charge in [-0.2, -0.15) is 18.4 Å². The minimum absolute atomic E-state index is 0.293. The maximum absolute atomic E-state index is 12.3. The van der Waals surface area contributed by atoms with Crippen molar-refractivity contribution in [1.29, 1.82) is 5.26 Å². The van der Waals surface area contributed by atoms with E-state index in [0.29, 0.717) is 12.1 Å². The largest absolute Gasteiger partial charge is 0.481 e. The molecule has 0 atom stereocenters. The Bertz CT molecular complexity index is 463. The Balaban J connectivity index is 3.22. The number of carboxylic acid groups (broad SMARTS) is 1. The molecule has 1 aromatic heterocycles. The van der Waals surface area contributed by atoms with E-state index in [4.69, 9.17) is 10.4 Å². The van der Waals surface area contributed by atoms with E-state index in [0.717, 1.165) is 0 Å². The standard InChI is InChI=1S/C9H5F3N2O2/c10-9(11,12)5-1-6(3-8(15)16)14-7(2-5)4-13/h1-2H,3H2,(H,15,16). The van der Waals surface area contributed by atoms with Gasteiger partial charge in [0.05, 0.1) is 17.7 Å². The first-order valence-corrected chi connectivity index (χ1v) is 4.03. The maximum atomic E-state index is 12.3. The highest BCUT2D eigenvalue weighted by Crippen LogP contribution is 2.29. The molecule has 0 spiro atoms. The van der Waals surface area contributed by atoms with E-state index in [1.165, 1.54) is 6.07 Å². The summed E-state index contributed by atoms with van der Waals surface area (Å²) in [5, 5.41) is 16.9. The first kappa shape index (κ1) is 12.0. The summed E-state index contributed by atoms with van der Waals surface area (Å²) in [6, 6.07) is 2.64. The van der Waals surface area contributed by atoms with Crippen molar-refractivity contribution in [2.75, 3.05) is 0 Å². The fourth-order valence-corrected chi connectivity index (χ4v) is 1.05. The molecule has 0 aliphatic carbocycles. The monoisotopic (exact) mass is 230 g/mol. The summed E-state index contributed by atoms with van der Waals surface area (Å²) >= 11 is 0. The van der Waals surface area contributed by atoms with Crippen LogP contribution in [0.1, 0.15) is 17.0 Å². The minimum atomic E-state index is -4.62. The van der Waals surface area contributed by atoms with Gasteiger partial charge in [-0.1, -0.05) is 0 Å². The molecule has 84 valence electrons. The fraction of sp³-hybridized carbons (Fsp3) is 0.222. The van der Waals surface area contributed by atoms with Crippen LogP contribution in [0.15, 0.2) is 12.1 Å². The Morgan fingerprint density at radius 3 is 2.56 bits per heavy atom. The molecule has 0 amide bonds. The Kier molecular flexibility index (Phi) is 3.13. The van der Waals surface area contributed by atoms with Crippen molar-refractivity contribution >= 4 is 5.97 Å². The van der Waals surface area contributed by atoms with Crippen molar-refractivity contribution in [1.82, 2.24) is 4.98 Å². The summed E-state index contributed by atoms with van der Waals surface area (Å²) < 4.78 is 37.0. The predicted octanol–water partition coefficient (Wildman–Crippen LogP) is 1.60. The van der Waals surface area contributed by atoms with Crippen molar-refractivity contribution in [3.63, 3.8) is 0 Å². The van der Waals surface area contributed by atoms with Gasteiger partial charge in [0.1, 0.15) is 11.8 Å². The zero-order valence-electron chi connectivity index (χ0n) is 7.75. The molecule has 4 nitrogen and oxygen atoms in total. The molecule has 0 saturated carbocycles. The van der Waals surface area contributed by atoms with Crippen LogP contribution in [0, 0.1) is 11.3 Å². The van der Waals surface area contributed by atoms with Gasteiger partial charge in [0.15, 0.2) is 0 Å². The number of aromatic nitrogens is 1. The normalized spacial score (nSPS) is 10.9. The van der Waals surface area contributed by atoms with E-state index in [2.05, 4.69) is 4.98 Å². The molecule has 16 heavy (non-hydrogen) atoms. The van der Waals surface area contributed by atoms with Gasteiger partial charge in [0, 0.05) is 0 Å². The SMILES string of the molecule is N#Cc1cc(C(F)(F)F)cc(CC(=O)O)n1. The molecule has 1 N–H and O–H groups in total. The van der Waals surface area contributed by atoms with Gasteiger partial charge in [0.25, 0.3) is 0 Å². The van der Waals surface area contributed by atoms with E-state index in [1.54, 1.807) is 0 Å². The number of nitriles is 1. The highest BCUT2D eigenvalue weighted by Gasteiger charge is 2.31. The number of carboxylic acids is 1. The van der Waals surface area contributed by atoms with Gasteiger partial charge in [-0.05, 0) is 12.1 Å². The topological polar surface area (TPSA) is 74.0 Å². The van der Waals surface area contributed by atoms with E-state index < -0.39 is 29.8 Å². The van der Waals surface area contributed by atoms with Crippen LogP contribution in [0.4, 0.5) is 13.2 Å². The Morgan fingerprint density at radius 2 is 2.12 bits per heavy atom. The number of alkyl halides is 3. The molecule has 0 saturated heterocycles. The van der Waals surface area contributed by atoms with E-state index in [1.807, 2.05) is 0 Å². The zero-order chi connectivity index (χ0) is 12.3. The summed E-state index contributed by atoms with van der Waals surface area (Å²) in [5.41, 5.74) is -1.82. The molecular formula is C9H5F3N2O2.